The van der Waals surface area contributed by atoms with Crippen LogP contribution in [0.2, 0.25) is 0 Å². The number of rotatable bonds is 1. The fraction of sp³-hybridized carbons (Fsp3) is 0.125. The molecule has 0 aliphatic rings. The number of hydrogen-bond donors (Lipinski definition) is 0. The molecule has 0 aliphatic carbocycles. The molecule has 0 aliphatic heterocycles. The van der Waals surface area contributed by atoms with Crippen molar-refractivity contribution in [2.24, 2.45) is 0 Å². The SMILES string of the molecule is C.O=Cc1ccccc1.O=S(=O)=O. The molecule has 0 radical (unpaired) electrons. The van der Waals surface area contributed by atoms with Crippen LogP contribution in [0.3, 0.4) is 0 Å². The van der Waals surface area contributed by atoms with Gasteiger partial charge in [0.2, 0.25) is 0 Å². The first kappa shape index (κ1) is 14.1. The van der Waals surface area contributed by atoms with Crippen LogP contribution in [0, 0.1) is 0 Å². The van der Waals surface area contributed by atoms with Gasteiger partial charge in [0.1, 0.15) is 6.29 Å². The number of aldehydes is 1. The zero-order valence-corrected chi connectivity index (χ0v) is 6.82. The largest absolute Gasteiger partial charge is 0.425 e. The summed E-state index contributed by atoms with van der Waals surface area (Å²) in [5, 5.41) is 0. The van der Waals surface area contributed by atoms with E-state index in [1.54, 1.807) is 12.1 Å². The van der Waals surface area contributed by atoms with E-state index in [0.29, 0.717) is 0 Å². The van der Waals surface area contributed by atoms with Crippen LogP contribution in [0.4, 0.5) is 0 Å². The normalized spacial score (nSPS) is 7.08. The molecule has 13 heavy (non-hydrogen) atoms. The fourth-order valence-corrected chi connectivity index (χ4v) is 0.532. The minimum atomic E-state index is -3.11. The van der Waals surface area contributed by atoms with Crippen molar-refractivity contribution in [3.63, 3.8) is 0 Å². The second kappa shape index (κ2) is 8.61. The van der Waals surface area contributed by atoms with Gasteiger partial charge in [0, 0.05) is 5.56 Å². The standard InChI is InChI=1S/C7H6O.CH4.O3S/c8-6-7-4-2-1-3-5-7;;1-4(2)3/h1-6H;1H4;. The van der Waals surface area contributed by atoms with Crippen LogP contribution in [-0.2, 0) is 10.6 Å². The molecule has 0 spiro atoms. The van der Waals surface area contributed by atoms with Gasteiger partial charge in [0.25, 0.3) is 0 Å². The molecular formula is C8H10O4S. The topological polar surface area (TPSA) is 68.3 Å². The first-order valence-corrected chi connectivity index (χ1v) is 3.94. The zero-order valence-electron chi connectivity index (χ0n) is 6.01. The van der Waals surface area contributed by atoms with E-state index in [1.165, 1.54) is 0 Å². The molecule has 1 aromatic carbocycles. The molecule has 0 saturated heterocycles. The summed E-state index contributed by atoms with van der Waals surface area (Å²) < 4.78 is 25.3. The molecule has 0 amide bonds. The monoisotopic (exact) mass is 202 g/mol. The van der Waals surface area contributed by atoms with Crippen molar-refractivity contribution in [1.29, 1.82) is 0 Å². The van der Waals surface area contributed by atoms with Gasteiger partial charge in [-0.15, -0.1) is 12.6 Å². The Hall–Kier alpha value is -1.49. The van der Waals surface area contributed by atoms with E-state index in [4.69, 9.17) is 12.6 Å². The van der Waals surface area contributed by atoms with E-state index in [1.807, 2.05) is 18.2 Å². The van der Waals surface area contributed by atoms with E-state index in [2.05, 4.69) is 0 Å². The molecule has 0 unspecified atom stereocenters. The van der Waals surface area contributed by atoms with Gasteiger partial charge in [-0.2, -0.15) is 0 Å². The molecular weight excluding hydrogens is 192 g/mol. The Kier molecular flexibility index (Phi) is 9.31. The van der Waals surface area contributed by atoms with Crippen LogP contribution in [0.25, 0.3) is 0 Å². The summed E-state index contributed by atoms with van der Waals surface area (Å²) in [7, 11) is -3.11. The van der Waals surface area contributed by atoms with Crippen molar-refractivity contribution in [1.82, 2.24) is 0 Å². The maximum atomic E-state index is 10.0. The molecule has 0 fully saturated rings. The number of benzene rings is 1. The highest BCUT2D eigenvalue weighted by molar-refractivity contribution is 7.59. The molecule has 1 rings (SSSR count). The summed E-state index contributed by atoms with van der Waals surface area (Å²) in [5.74, 6) is 0. The average molecular weight is 202 g/mol. The van der Waals surface area contributed by atoms with Crippen LogP contribution in [0.5, 0.6) is 0 Å². The maximum absolute atomic E-state index is 10.0. The molecule has 0 saturated carbocycles. The summed E-state index contributed by atoms with van der Waals surface area (Å²) in [6.45, 7) is 0. The lowest BCUT2D eigenvalue weighted by atomic mass is 10.2. The summed E-state index contributed by atoms with van der Waals surface area (Å²) in [6, 6.07) is 9.10. The smallest absolute Gasteiger partial charge is 0.298 e. The number of hydrogen-bond acceptors (Lipinski definition) is 4. The quantitative estimate of drug-likeness (QED) is 0.640. The van der Waals surface area contributed by atoms with Crippen LogP contribution >= 0.6 is 0 Å². The summed E-state index contributed by atoms with van der Waals surface area (Å²) in [6.07, 6.45) is 0.833. The molecule has 5 heteroatoms. The van der Waals surface area contributed by atoms with Gasteiger partial charge in [0.15, 0.2) is 0 Å². The van der Waals surface area contributed by atoms with Crippen molar-refractivity contribution in [2.75, 3.05) is 0 Å². The second-order valence-corrected chi connectivity index (χ2v) is 2.14. The molecule has 0 heterocycles. The third-order valence-corrected chi connectivity index (χ3v) is 0.936. The summed E-state index contributed by atoms with van der Waals surface area (Å²) in [5.41, 5.74) is 0.729. The summed E-state index contributed by atoms with van der Waals surface area (Å²) in [4.78, 5) is 10.0. The van der Waals surface area contributed by atoms with Crippen molar-refractivity contribution >= 4 is 16.9 Å². The Morgan fingerprint density at radius 1 is 1.00 bits per heavy atom. The van der Waals surface area contributed by atoms with Gasteiger partial charge in [-0.25, -0.2) is 0 Å². The van der Waals surface area contributed by atoms with Crippen molar-refractivity contribution in [3.05, 3.63) is 35.9 Å². The molecule has 0 aromatic heterocycles. The van der Waals surface area contributed by atoms with Gasteiger partial charge in [-0.1, -0.05) is 37.8 Å². The molecule has 0 bridgehead atoms. The van der Waals surface area contributed by atoms with E-state index in [0.717, 1.165) is 11.8 Å². The Bertz CT molecular complexity index is 320. The first-order valence-electron chi connectivity index (χ1n) is 2.94. The van der Waals surface area contributed by atoms with Crippen molar-refractivity contribution in [2.45, 2.75) is 7.43 Å². The maximum Gasteiger partial charge on any atom is 0.425 e. The molecule has 0 atom stereocenters. The number of carbonyl (C=O) groups excluding carboxylic acids is 1. The lowest BCUT2D eigenvalue weighted by molar-refractivity contribution is 0.112. The van der Waals surface area contributed by atoms with Crippen molar-refractivity contribution in [3.8, 4) is 0 Å². The van der Waals surface area contributed by atoms with Gasteiger partial charge in [0.05, 0.1) is 0 Å². The lowest BCUT2D eigenvalue weighted by Gasteiger charge is -1.81. The van der Waals surface area contributed by atoms with Crippen LogP contribution in [0.1, 0.15) is 17.8 Å². The molecule has 1 aromatic rings. The van der Waals surface area contributed by atoms with Crippen LogP contribution < -0.4 is 0 Å². The van der Waals surface area contributed by atoms with Gasteiger partial charge in [-0.3, -0.25) is 4.79 Å². The number of carbonyl (C=O) groups is 1. The molecule has 0 N–H and O–H groups in total. The highest BCUT2D eigenvalue weighted by Crippen LogP contribution is 1.91. The predicted octanol–water partition coefficient (Wildman–Crippen LogP) is 1.13. The van der Waals surface area contributed by atoms with Crippen molar-refractivity contribution < 1.29 is 17.4 Å². The van der Waals surface area contributed by atoms with Gasteiger partial charge >= 0.3 is 10.6 Å². The summed E-state index contributed by atoms with van der Waals surface area (Å²) >= 11 is 0. The Labute approximate surface area is 78.3 Å². The molecule has 72 valence electrons. The minimum Gasteiger partial charge on any atom is -0.298 e. The molecule has 4 nitrogen and oxygen atoms in total. The third-order valence-electron chi connectivity index (χ3n) is 0.936. The Balaban J connectivity index is 0. The van der Waals surface area contributed by atoms with E-state index in [-0.39, 0.29) is 7.43 Å². The predicted molar refractivity (Wildman–Crippen MR) is 48.3 cm³/mol. The van der Waals surface area contributed by atoms with Crippen LogP contribution in [-0.4, -0.2) is 18.9 Å². The third kappa shape index (κ3) is 10.5. The highest BCUT2D eigenvalue weighted by Gasteiger charge is 1.79. The van der Waals surface area contributed by atoms with E-state index >= 15 is 0 Å². The highest BCUT2D eigenvalue weighted by atomic mass is 32.2. The zero-order chi connectivity index (χ0) is 9.40. The second-order valence-electron chi connectivity index (χ2n) is 1.73. The first-order chi connectivity index (χ1) is 5.66. The Morgan fingerprint density at radius 2 is 1.38 bits per heavy atom. The van der Waals surface area contributed by atoms with Gasteiger partial charge in [-0.05, 0) is 0 Å². The fourth-order valence-electron chi connectivity index (χ4n) is 0.532. The van der Waals surface area contributed by atoms with Crippen LogP contribution in [0.15, 0.2) is 30.3 Å². The van der Waals surface area contributed by atoms with Gasteiger partial charge < -0.3 is 0 Å². The average Bonchev–Trinajstić information content (AvgIpc) is 2.05. The van der Waals surface area contributed by atoms with E-state index < -0.39 is 10.6 Å². The lowest BCUT2D eigenvalue weighted by Crippen LogP contribution is -1.73. The van der Waals surface area contributed by atoms with E-state index in [9.17, 15) is 4.79 Å². The minimum absolute atomic E-state index is 0. The Morgan fingerprint density at radius 3 is 1.62 bits per heavy atom.